The van der Waals surface area contributed by atoms with Crippen molar-refractivity contribution in [2.24, 2.45) is 0 Å². The molecule has 6 rings (SSSR count). The number of carbonyl (C=O) groups excluding carboxylic acids is 1. The molecule has 0 N–H and O–H groups in total. The Morgan fingerprint density at radius 2 is 1.89 bits per heavy atom. The van der Waals surface area contributed by atoms with Gasteiger partial charge in [-0.3, -0.25) is 9.78 Å². The number of anilines is 2. The van der Waals surface area contributed by atoms with Crippen LogP contribution in [0, 0.1) is 11.6 Å². The van der Waals surface area contributed by atoms with Crippen LogP contribution < -0.4 is 15.5 Å². The maximum atomic E-state index is 16.3. The van der Waals surface area contributed by atoms with E-state index in [9.17, 15) is 9.59 Å². The smallest absolute Gasteiger partial charge is 0.355 e. The number of carbonyl (C=O) groups is 1. The zero-order valence-electron chi connectivity index (χ0n) is 25.9. The SMILES string of the molecule is C=CC(=O)N1C[C@H](C)N(c2nc(=O)n3c4nc(c(F)cc24)-c2c(F)cccc2N(C)CCSc2ccnc(C(C)C)c2-3)C[C@H]1C. The summed E-state index contributed by atoms with van der Waals surface area (Å²) in [6, 6.07) is 7.30. The highest BCUT2D eigenvalue weighted by atomic mass is 32.2. The molecule has 234 valence electrons. The molecule has 4 aromatic rings. The Kier molecular flexibility index (Phi) is 8.11. The highest BCUT2D eigenvalue weighted by Crippen LogP contribution is 2.39. The maximum Gasteiger partial charge on any atom is 0.355 e. The van der Waals surface area contributed by atoms with Crippen LogP contribution in [0.5, 0.6) is 0 Å². The van der Waals surface area contributed by atoms with Gasteiger partial charge >= 0.3 is 5.69 Å². The van der Waals surface area contributed by atoms with Gasteiger partial charge in [0.25, 0.3) is 0 Å². The summed E-state index contributed by atoms with van der Waals surface area (Å²) >= 11 is 1.55. The van der Waals surface area contributed by atoms with Crippen molar-refractivity contribution in [3.05, 3.63) is 77.0 Å². The summed E-state index contributed by atoms with van der Waals surface area (Å²) in [5.41, 5.74) is 1.08. The first-order chi connectivity index (χ1) is 21.5. The van der Waals surface area contributed by atoms with Crippen LogP contribution >= 0.6 is 11.8 Å². The average molecular weight is 632 g/mol. The fourth-order valence-corrected chi connectivity index (χ4v) is 7.32. The lowest BCUT2D eigenvalue weighted by molar-refractivity contribution is -0.128. The molecule has 0 aliphatic carbocycles. The molecule has 0 saturated carbocycles. The van der Waals surface area contributed by atoms with Crippen molar-refractivity contribution in [1.29, 1.82) is 0 Å². The second kappa shape index (κ2) is 11.9. The molecule has 1 amide bonds. The van der Waals surface area contributed by atoms with Crippen molar-refractivity contribution in [3.8, 4) is 16.9 Å². The topological polar surface area (TPSA) is 87.5 Å². The minimum atomic E-state index is -0.737. The molecule has 45 heavy (non-hydrogen) atoms. The van der Waals surface area contributed by atoms with Crippen LogP contribution in [-0.2, 0) is 4.79 Å². The molecule has 2 atom stereocenters. The standard InChI is InChI=1S/C33H35F2N7O2S/c1-7-26(43)40-16-20(5)41(17-19(40)4)31-21-15-23(35)29-27-22(34)9-8-10-24(27)39(6)13-14-45-25-11-12-36-28(18(2)3)30(25)42(32(21)37-29)33(44)38-31/h7-12,15,18-20H,1,13-14,16-17H2,2-6H3/t19-,20+/m1/s1. The van der Waals surface area contributed by atoms with E-state index in [1.807, 2.05) is 50.6 Å². The van der Waals surface area contributed by atoms with E-state index >= 15 is 8.78 Å². The summed E-state index contributed by atoms with van der Waals surface area (Å²) in [7, 11) is 1.84. The number of hydrogen-bond acceptors (Lipinski definition) is 8. The quantitative estimate of drug-likeness (QED) is 0.278. The maximum absolute atomic E-state index is 16.3. The van der Waals surface area contributed by atoms with Gasteiger partial charge in [-0.25, -0.2) is 23.1 Å². The van der Waals surface area contributed by atoms with Gasteiger partial charge in [0.2, 0.25) is 5.91 Å². The number of piperazine rings is 1. The molecule has 0 unspecified atom stereocenters. The Bertz CT molecular complexity index is 1900. The third kappa shape index (κ3) is 5.24. The van der Waals surface area contributed by atoms with Crippen LogP contribution in [0.15, 0.2) is 58.9 Å². The highest BCUT2D eigenvalue weighted by Gasteiger charge is 2.34. The normalized spacial score (nSPS) is 18.4. The number of halogens is 2. The fraction of sp³-hybridized carbons (Fsp3) is 0.364. The van der Waals surface area contributed by atoms with E-state index in [-0.39, 0.29) is 46.6 Å². The van der Waals surface area contributed by atoms with E-state index in [1.54, 1.807) is 35.0 Å². The van der Waals surface area contributed by atoms with E-state index in [0.717, 1.165) is 4.90 Å². The summed E-state index contributed by atoms with van der Waals surface area (Å²) in [6.45, 7) is 12.7. The lowest BCUT2D eigenvalue weighted by Crippen LogP contribution is -2.58. The summed E-state index contributed by atoms with van der Waals surface area (Å²) in [4.78, 5) is 47.1. The molecule has 1 aromatic carbocycles. The van der Waals surface area contributed by atoms with Gasteiger partial charge in [-0.2, -0.15) is 4.98 Å². The van der Waals surface area contributed by atoms with Crippen molar-refractivity contribution in [1.82, 2.24) is 24.4 Å². The van der Waals surface area contributed by atoms with Crippen molar-refractivity contribution in [3.63, 3.8) is 0 Å². The second-order valence-electron chi connectivity index (χ2n) is 11.9. The van der Waals surface area contributed by atoms with Gasteiger partial charge in [-0.05, 0) is 50.1 Å². The minimum Gasteiger partial charge on any atom is -0.373 e. The number of benzene rings is 1. The predicted molar refractivity (Wildman–Crippen MR) is 175 cm³/mol. The molecule has 2 bridgehead atoms. The van der Waals surface area contributed by atoms with Gasteiger partial charge < -0.3 is 14.7 Å². The first-order valence-electron chi connectivity index (χ1n) is 15.0. The van der Waals surface area contributed by atoms with Crippen molar-refractivity contribution >= 4 is 40.2 Å². The van der Waals surface area contributed by atoms with Gasteiger partial charge in [-0.1, -0.05) is 26.5 Å². The van der Waals surface area contributed by atoms with Crippen LogP contribution in [0.1, 0.15) is 39.3 Å². The number of aromatic nitrogens is 4. The molecular formula is C33H35F2N7O2S. The van der Waals surface area contributed by atoms with Crippen molar-refractivity contribution < 1.29 is 13.6 Å². The number of amides is 1. The third-order valence-electron chi connectivity index (χ3n) is 8.53. The summed E-state index contributed by atoms with van der Waals surface area (Å²) in [6.07, 6.45) is 3.01. The van der Waals surface area contributed by atoms with Gasteiger partial charge in [0, 0.05) is 61.3 Å². The van der Waals surface area contributed by atoms with Crippen LogP contribution in [0.2, 0.25) is 0 Å². The zero-order valence-corrected chi connectivity index (χ0v) is 26.7. The Hall–Kier alpha value is -4.32. The summed E-state index contributed by atoms with van der Waals surface area (Å²) < 4.78 is 33.4. The van der Waals surface area contributed by atoms with Crippen LogP contribution in [-0.4, -0.2) is 74.8 Å². The number of hydrogen-bond donors (Lipinski definition) is 0. The average Bonchev–Trinajstić information content (AvgIpc) is 3.00. The van der Waals surface area contributed by atoms with E-state index in [2.05, 4.69) is 16.5 Å². The molecule has 1 fully saturated rings. The minimum absolute atomic E-state index is 0.0244. The molecule has 2 aliphatic heterocycles. The molecule has 3 aromatic heterocycles. The Morgan fingerprint density at radius 3 is 2.62 bits per heavy atom. The van der Waals surface area contributed by atoms with Crippen molar-refractivity contribution in [2.75, 3.05) is 42.2 Å². The highest BCUT2D eigenvalue weighted by molar-refractivity contribution is 7.99. The molecule has 5 heterocycles. The summed E-state index contributed by atoms with van der Waals surface area (Å²) in [5.74, 6) is -0.734. The molecule has 1 saturated heterocycles. The number of thioether (sulfide) groups is 1. The predicted octanol–water partition coefficient (Wildman–Crippen LogP) is 5.40. The van der Waals surface area contributed by atoms with Crippen LogP contribution in [0.3, 0.4) is 0 Å². The molecule has 0 spiro atoms. The molecule has 9 nitrogen and oxygen atoms in total. The Labute approximate surface area is 264 Å². The number of rotatable bonds is 3. The Balaban J connectivity index is 1.70. The number of fused-ring (bicyclic) bond motifs is 5. The van der Waals surface area contributed by atoms with Gasteiger partial charge in [0.1, 0.15) is 17.3 Å². The van der Waals surface area contributed by atoms with Crippen LogP contribution in [0.25, 0.3) is 28.0 Å². The van der Waals surface area contributed by atoms with Crippen LogP contribution in [0.4, 0.5) is 20.3 Å². The molecular weight excluding hydrogens is 596 g/mol. The second-order valence-corrected chi connectivity index (χ2v) is 13.0. The first-order valence-corrected chi connectivity index (χ1v) is 15.9. The van der Waals surface area contributed by atoms with E-state index in [1.165, 1.54) is 22.8 Å². The van der Waals surface area contributed by atoms with Gasteiger partial charge in [0.05, 0.1) is 22.3 Å². The first kappa shape index (κ1) is 30.7. The van der Waals surface area contributed by atoms with Crippen molar-refractivity contribution in [2.45, 2.75) is 50.6 Å². The van der Waals surface area contributed by atoms with E-state index in [0.29, 0.717) is 47.8 Å². The molecule has 0 radical (unpaired) electrons. The third-order valence-corrected chi connectivity index (χ3v) is 9.55. The lowest BCUT2D eigenvalue weighted by atomic mass is 10.0. The zero-order chi connectivity index (χ0) is 32.2. The van der Waals surface area contributed by atoms with E-state index < -0.39 is 17.3 Å². The molecule has 12 heteroatoms. The largest absolute Gasteiger partial charge is 0.373 e. The van der Waals surface area contributed by atoms with Gasteiger partial charge in [0.15, 0.2) is 11.5 Å². The summed E-state index contributed by atoms with van der Waals surface area (Å²) in [5, 5.41) is 0.302. The lowest BCUT2D eigenvalue weighted by Gasteiger charge is -2.44. The number of pyridine rings is 2. The monoisotopic (exact) mass is 631 g/mol. The molecule has 2 aliphatic rings. The van der Waals surface area contributed by atoms with E-state index in [4.69, 9.17) is 4.98 Å². The van der Waals surface area contributed by atoms with Gasteiger partial charge in [-0.15, -0.1) is 11.8 Å². The Morgan fingerprint density at radius 1 is 1.11 bits per heavy atom. The fourth-order valence-electron chi connectivity index (χ4n) is 6.24. The number of nitrogens with zero attached hydrogens (tertiary/aromatic N) is 7.